The van der Waals surface area contributed by atoms with E-state index in [0.29, 0.717) is 5.95 Å². The molecule has 9 aromatic carbocycles. The molecule has 5 aromatic heterocycles. The summed E-state index contributed by atoms with van der Waals surface area (Å²) >= 11 is 0. The van der Waals surface area contributed by atoms with Crippen LogP contribution < -0.4 is 0 Å². The molecule has 322 valence electrons. The molecular formula is C63H40N6. The second kappa shape index (κ2) is 15.6. The maximum atomic E-state index is 5.25. The van der Waals surface area contributed by atoms with Crippen molar-refractivity contribution in [2.24, 2.45) is 0 Å². The first-order chi connectivity index (χ1) is 34.2. The van der Waals surface area contributed by atoms with Crippen LogP contribution in [0.1, 0.15) is 0 Å². The number of para-hydroxylation sites is 3. The standard InChI is InChI=1S/C63H40N6/c1-4-16-41(17-5-1)54-40-55(42-18-6-2-7-19-42)66-63(65-54)69-57-27-13-11-25-50(57)52-38-45(30-33-59(52)69)44-29-32-58-51(37-44)49-24-10-12-26-56(49)68(58)48-23-14-20-43(36-48)46-31-34-60-53(39-46)62-61(28-15-35-64-62)67(60)47-21-8-3-9-22-47/h1-40H. The highest BCUT2D eigenvalue weighted by Crippen LogP contribution is 2.40. The molecule has 6 nitrogen and oxygen atoms in total. The third-order valence-corrected chi connectivity index (χ3v) is 13.7. The minimum absolute atomic E-state index is 0.640. The Morgan fingerprint density at radius 3 is 1.32 bits per heavy atom. The summed E-state index contributed by atoms with van der Waals surface area (Å²) in [6.45, 7) is 0. The van der Waals surface area contributed by atoms with Gasteiger partial charge in [-0.25, -0.2) is 9.97 Å². The molecule has 6 heteroatoms. The van der Waals surface area contributed by atoms with Crippen LogP contribution in [0.3, 0.4) is 0 Å². The average Bonchev–Trinajstić information content (AvgIpc) is 4.06. The van der Waals surface area contributed by atoms with Gasteiger partial charge in [-0.1, -0.05) is 146 Å². The normalized spacial score (nSPS) is 11.8. The summed E-state index contributed by atoms with van der Waals surface area (Å²) in [6.07, 6.45) is 1.89. The zero-order chi connectivity index (χ0) is 45.4. The van der Waals surface area contributed by atoms with E-state index in [1.807, 2.05) is 24.4 Å². The van der Waals surface area contributed by atoms with Gasteiger partial charge < -0.3 is 9.13 Å². The molecule has 5 heterocycles. The zero-order valence-electron chi connectivity index (χ0n) is 37.3. The van der Waals surface area contributed by atoms with Gasteiger partial charge >= 0.3 is 0 Å². The minimum Gasteiger partial charge on any atom is -0.309 e. The maximum absolute atomic E-state index is 5.25. The van der Waals surface area contributed by atoms with Crippen LogP contribution in [-0.2, 0) is 0 Å². The summed E-state index contributed by atoms with van der Waals surface area (Å²) in [5.74, 6) is 0.640. The number of aromatic nitrogens is 6. The van der Waals surface area contributed by atoms with Crippen molar-refractivity contribution in [2.75, 3.05) is 0 Å². The molecule has 0 radical (unpaired) electrons. The first kappa shape index (κ1) is 38.8. The van der Waals surface area contributed by atoms with Crippen molar-refractivity contribution >= 4 is 65.5 Å². The molecule has 0 bridgehead atoms. The Hall–Kier alpha value is -9.39. The van der Waals surface area contributed by atoms with Gasteiger partial charge in [-0.3, -0.25) is 9.55 Å². The van der Waals surface area contributed by atoms with Crippen LogP contribution in [0, 0.1) is 0 Å². The molecule has 0 aliphatic heterocycles. The van der Waals surface area contributed by atoms with Gasteiger partial charge in [0.2, 0.25) is 5.95 Å². The smallest absolute Gasteiger partial charge is 0.235 e. The third-order valence-electron chi connectivity index (χ3n) is 13.7. The predicted octanol–water partition coefficient (Wildman–Crippen LogP) is 15.8. The Kier molecular flexibility index (Phi) is 8.79. The Labute approximate surface area is 397 Å². The molecule has 69 heavy (non-hydrogen) atoms. The summed E-state index contributed by atoms with van der Waals surface area (Å²) in [5.41, 5.74) is 18.3. The Morgan fingerprint density at radius 1 is 0.261 bits per heavy atom. The van der Waals surface area contributed by atoms with E-state index in [-0.39, 0.29) is 0 Å². The van der Waals surface area contributed by atoms with Crippen molar-refractivity contribution in [3.63, 3.8) is 0 Å². The van der Waals surface area contributed by atoms with Crippen molar-refractivity contribution in [2.45, 2.75) is 0 Å². The molecule has 0 aliphatic carbocycles. The van der Waals surface area contributed by atoms with Crippen LogP contribution in [0.5, 0.6) is 0 Å². The predicted molar refractivity (Wildman–Crippen MR) is 285 cm³/mol. The molecule has 0 saturated heterocycles. The van der Waals surface area contributed by atoms with Gasteiger partial charge in [0, 0.05) is 55.6 Å². The van der Waals surface area contributed by atoms with Gasteiger partial charge in [0.05, 0.1) is 50.0 Å². The van der Waals surface area contributed by atoms with Crippen LogP contribution in [-0.4, -0.2) is 28.7 Å². The molecule has 0 unspecified atom stereocenters. The molecule has 14 aromatic rings. The van der Waals surface area contributed by atoms with Crippen molar-refractivity contribution in [1.82, 2.24) is 28.7 Å². The highest BCUT2D eigenvalue weighted by atomic mass is 15.2. The van der Waals surface area contributed by atoms with Crippen molar-refractivity contribution in [3.05, 3.63) is 243 Å². The SMILES string of the molecule is c1ccc(-c2cc(-c3ccccc3)nc(-n3c4ccccc4c4cc(-c5ccc6c(c5)c5ccccc5n6-c5cccc(-c6ccc7c(c6)c6ncccc6n7-c6ccccc6)c5)ccc43)n2)cc1. The number of fused-ring (bicyclic) bond motifs is 9. The number of hydrogen-bond donors (Lipinski definition) is 0. The number of benzene rings is 9. The molecule has 0 saturated carbocycles. The minimum atomic E-state index is 0.640. The fourth-order valence-electron chi connectivity index (χ4n) is 10.5. The van der Waals surface area contributed by atoms with Gasteiger partial charge in [-0.05, 0) is 113 Å². The summed E-state index contributed by atoms with van der Waals surface area (Å²) in [4.78, 5) is 15.4. The quantitative estimate of drug-likeness (QED) is 0.160. The van der Waals surface area contributed by atoms with Crippen LogP contribution >= 0.6 is 0 Å². The van der Waals surface area contributed by atoms with Gasteiger partial charge in [-0.2, -0.15) is 0 Å². The summed E-state index contributed by atoms with van der Waals surface area (Å²) in [6, 6.07) is 84.3. The van der Waals surface area contributed by atoms with E-state index < -0.39 is 0 Å². The lowest BCUT2D eigenvalue weighted by atomic mass is 10.0. The zero-order valence-corrected chi connectivity index (χ0v) is 37.3. The van der Waals surface area contributed by atoms with E-state index in [1.165, 1.54) is 16.3 Å². The Balaban J connectivity index is 0.881. The second-order valence-corrected chi connectivity index (χ2v) is 17.7. The van der Waals surface area contributed by atoms with E-state index in [4.69, 9.17) is 15.0 Å². The summed E-state index contributed by atoms with van der Waals surface area (Å²) < 4.78 is 6.93. The fourth-order valence-corrected chi connectivity index (χ4v) is 10.5. The second-order valence-electron chi connectivity index (χ2n) is 17.7. The Bertz CT molecular complexity index is 4240. The van der Waals surface area contributed by atoms with Gasteiger partial charge in [0.15, 0.2) is 0 Å². The van der Waals surface area contributed by atoms with E-state index in [0.717, 1.165) is 105 Å². The molecule has 0 atom stereocenters. The van der Waals surface area contributed by atoms with E-state index in [2.05, 4.69) is 232 Å². The van der Waals surface area contributed by atoms with Crippen molar-refractivity contribution in [1.29, 1.82) is 0 Å². The number of nitrogens with zero attached hydrogens (tertiary/aromatic N) is 6. The highest BCUT2D eigenvalue weighted by molar-refractivity contribution is 6.13. The molecule has 0 N–H and O–H groups in total. The summed E-state index contributed by atoms with van der Waals surface area (Å²) in [7, 11) is 0. The first-order valence-electron chi connectivity index (χ1n) is 23.3. The largest absolute Gasteiger partial charge is 0.309 e. The van der Waals surface area contributed by atoms with Gasteiger partial charge in [-0.15, -0.1) is 0 Å². The van der Waals surface area contributed by atoms with Crippen molar-refractivity contribution in [3.8, 4) is 62.1 Å². The molecule has 0 fully saturated rings. The first-order valence-corrected chi connectivity index (χ1v) is 23.3. The molecule has 0 spiro atoms. The molecule has 0 aliphatic rings. The molecular weight excluding hydrogens is 841 g/mol. The Morgan fingerprint density at radius 2 is 0.696 bits per heavy atom. The van der Waals surface area contributed by atoms with E-state index in [9.17, 15) is 0 Å². The lowest BCUT2D eigenvalue weighted by Gasteiger charge is -2.12. The van der Waals surface area contributed by atoms with Crippen LogP contribution in [0.15, 0.2) is 243 Å². The molecule has 0 amide bonds. The molecule has 14 rings (SSSR count). The fraction of sp³-hybridized carbons (Fsp3) is 0. The number of hydrogen-bond acceptors (Lipinski definition) is 3. The average molecular weight is 881 g/mol. The van der Waals surface area contributed by atoms with Gasteiger partial charge in [0.25, 0.3) is 0 Å². The van der Waals surface area contributed by atoms with Gasteiger partial charge in [0.1, 0.15) is 0 Å². The van der Waals surface area contributed by atoms with Crippen LogP contribution in [0.4, 0.5) is 0 Å². The lowest BCUT2D eigenvalue weighted by molar-refractivity contribution is 0.995. The highest BCUT2D eigenvalue weighted by Gasteiger charge is 2.20. The van der Waals surface area contributed by atoms with Crippen LogP contribution in [0.25, 0.3) is 128 Å². The lowest BCUT2D eigenvalue weighted by Crippen LogP contribution is -2.03. The topological polar surface area (TPSA) is 53.5 Å². The van der Waals surface area contributed by atoms with Crippen LogP contribution in [0.2, 0.25) is 0 Å². The van der Waals surface area contributed by atoms with Crippen molar-refractivity contribution < 1.29 is 0 Å². The summed E-state index contributed by atoms with van der Waals surface area (Å²) in [5, 5.41) is 5.85. The number of rotatable bonds is 7. The number of pyridine rings is 1. The van der Waals surface area contributed by atoms with E-state index in [1.54, 1.807) is 0 Å². The third kappa shape index (κ3) is 6.30. The monoisotopic (exact) mass is 880 g/mol. The maximum Gasteiger partial charge on any atom is 0.235 e. The van der Waals surface area contributed by atoms with E-state index >= 15 is 0 Å².